The lowest BCUT2D eigenvalue weighted by atomic mass is 10.1. The molecule has 3 aromatic heterocycles. The van der Waals surface area contributed by atoms with Gasteiger partial charge in [-0.15, -0.1) is 0 Å². The summed E-state index contributed by atoms with van der Waals surface area (Å²) in [5.74, 6) is 2.46. The first kappa shape index (κ1) is 19.5. The molecule has 0 aliphatic rings. The molecule has 154 valence electrons. The standard InChI is InChI=1S/C22H23N5O3/c1-28-18-12-16(13-19(29-2)20(18)30-3)17-14-26-22-21(25-10-11-27(17)22)24-9-6-15-4-7-23-8-5-15/h4-5,7-8,10-14H,6,9H2,1-3H3,(H,24,25). The average Bonchev–Trinajstić information content (AvgIpc) is 3.24. The van der Waals surface area contributed by atoms with Gasteiger partial charge in [-0.1, -0.05) is 0 Å². The predicted octanol–water partition coefficient (Wildman–Crippen LogP) is 3.47. The molecule has 1 aromatic carbocycles. The number of methoxy groups -OCH3 is 3. The number of anilines is 1. The summed E-state index contributed by atoms with van der Waals surface area (Å²) < 4.78 is 18.4. The highest BCUT2D eigenvalue weighted by Gasteiger charge is 2.17. The van der Waals surface area contributed by atoms with Crippen LogP contribution in [0.5, 0.6) is 17.2 Å². The summed E-state index contributed by atoms with van der Waals surface area (Å²) in [4.78, 5) is 13.1. The van der Waals surface area contributed by atoms with E-state index in [1.54, 1.807) is 39.9 Å². The van der Waals surface area contributed by atoms with Crippen LogP contribution in [0.15, 0.2) is 55.2 Å². The summed E-state index contributed by atoms with van der Waals surface area (Å²) >= 11 is 0. The lowest BCUT2D eigenvalue weighted by molar-refractivity contribution is 0.324. The van der Waals surface area contributed by atoms with Gasteiger partial charge in [0.2, 0.25) is 5.75 Å². The molecule has 3 heterocycles. The highest BCUT2D eigenvalue weighted by atomic mass is 16.5. The van der Waals surface area contributed by atoms with Gasteiger partial charge in [0.05, 0.1) is 33.2 Å². The van der Waals surface area contributed by atoms with Gasteiger partial charge >= 0.3 is 0 Å². The van der Waals surface area contributed by atoms with Gasteiger partial charge in [-0.05, 0) is 36.2 Å². The van der Waals surface area contributed by atoms with Crippen LogP contribution < -0.4 is 19.5 Å². The van der Waals surface area contributed by atoms with E-state index in [1.165, 1.54) is 5.56 Å². The van der Waals surface area contributed by atoms with Gasteiger partial charge < -0.3 is 19.5 Å². The number of benzene rings is 1. The Morgan fingerprint density at radius 3 is 2.33 bits per heavy atom. The molecule has 0 aliphatic carbocycles. The van der Waals surface area contributed by atoms with E-state index >= 15 is 0 Å². The number of nitrogens with one attached hydrogen (secondary N) is 1. The van der Waals surface area contributed by atoms with Crippen LogP contribution >= 0.6 is 0 Å². The van der Waals surface area contributed by atoms with Crippen molar-refractivity contribution in [1.82, 2.24) is 19.4 Å². The summed E-state index contributed by atoms with van der Waals surface area (Å²) in [6.45, 7) is 0.739. The van der Waals surface area contributed by atoms with Gasteiger partial charge in [-0.2, -0.15) is 0 Å². The first-order valence-corrected chi connectivity index (χ1v) is 9.50. The molecule has 8 heteroatoms. The number of fused-ring (bicyclic) bond motifs is 1. The molecule has 0 saturated heterocycles. The number of ether oxygens (including phenoxy) is 3. The Labute approximate surface area is 174 Å². The molecule has 30 heavy (non-hydrogen) atoms. The molecule has 1 N–H and O–H groups in total. The molecule has 0 spiro atoms. The third-order valence-corrected chi connectivity index (χ3v) is 4.84. The second kappa shape index (κ2) is 8.69. The van der Waals surface area contributed by atoms with Gasteiger partial charge in [-0.25, -0.2) is 9.97 Å². The molecule has 0 aliphatic heterocycles. The molecule has 8 nitrogen and oxygen atoms in total. The first-order chi connectivity index (χ1) is 14.7. The van der Waals surface area contributed by atoms with Crippen LogP contribution in [0.4, 0.5) is 5.82 Å². The minimum absolute atomic E-state index is 0.553. The van der Waals surface area contributed by atoms with Crippen molar-refractivity contribution in [2.45, 2.75) is 6.42 Å². The molecule has 4 rings (SSSR count). The van der Waals surface area contributed by atoms with E-state index in [4.69, 9.17) is 14.2 Å². The van der Waals surface area contributed by atoms with E-state index in [-0.39, 0.29) is 0 Å². The zero-order chi connectivity index (χ0) is 20.9. The van der Waals surface area contributed by atoms with Crippen molar-refractivity contribution >= 4 is 11.5 Å². The van der Waals surface area contributed by atoms with Gasteiger partial charge in [0.25, 0.3) is 0 Å². The van der Waals surface area contributed by atoms with E-state index in [1.807, 2.05) is 41.1 Å². The monoisotopic (exact) mass is 405 g/mol. The molecular formula is C22H23N5O3. The Hall–Kier alpha value is -3.81. The number of pyridine rings is 1. The second-order valence-electron chi connectivity index (χ2n) is 6.56. The number of aromatic nitrogens is 4. The number of imidazole rings is 1. The fourth-order valence-electron chi connectivity index (χ4n) is 3.36. The van der Waals surface area contributed by atoms with Gasteiger partial charge in [0.1, 0.15) is 0 Å². The molecule has 0 radical (unpaired) electrons. The molecule has 0 unspecified atom stereocenters. The average molecular weight is 405 g/mol. The van der Waals surface area contributed by atoms with Crippen molar-refractivity contribution in [3.63, 3.8) is 0 Å². The molecule has 0 bridgehead atoms. The zero-order valence-electron chi connectivity index (χ0n) is 17.1. The number of nitrogens with zero attached hydrogens (tertiary/aromatic N) is 4. The van der Waals surface area contributed by atoms with Crippen LogP contribution in [0.25, 0.3) is 16.9 Å². The van der Waals surface area contributed by atoms with E-state index in [9.17, 15) is 0 Å². The summed E-state index contributed by atoms with van der Waals surface area (Å²) in [5.41, 5.74) is 3.75. The maximum absolute atomic E-state index is 5.48. The Kier molecular flexibility index (Phi) is 5.65. The molecule has 0 atom stereocenters. The first-order valence-electron chi connectivity index (χ1n) is 9.50. The van der Waals surface area contributed by atoms with E-state index < -0.39 is 0 Å². The summed E-state index contributed by atoms with van der Waals surface area (Å²) in [6.07, 6.45) is 9.91. The van der Waals surface area contributed by atoms with E-state index in [0.29, 0.717) is 17.2 Å². The topological polar surface area (TPSA) is 82.8 Å². The predicted molar refractivity (Wildman–Crippen MR) is 115 cm³/mol. The van der Waals surface area contributed by atoms with Crippen molar-refractivity contribution in [1.29, 1.82) is 0 Å². The van der Waals surface area contributed by atoms with Crippen LogP contribution in [-0.2, 0) is 6.42 Å². The smallest absolute Gasteiger partial charge is 0.203 e. The molecule has 0 amide bonds. The minimum atomic E-state index is 0.553. The maximum Gasteiger partial charge on any atom is 0.203 e. The highest BCUT2D eigenvalue weighted by molar-refractivity contribution is 5.74. The Balaban J connectivity index is 1.65. The van der Waals surface area contributed by atoms with Crippen molar-refractivity contribution in [2.75, 3.05) is 33.2 Å². The van der Waals surface area contributed by atoms with Gasteiger partial charge in [0, 0.05) is 36.9 Å². The maximum atomic E-state index is 5.48. The van der Waals surface area contributed by atoms with Crippen LogP contribution in [0.1, 0.15) is 5.56 Å². The Morgan fingerprint density at radius 1 is 0.933 bits per heavy atom. The van der Waals surface area contributed by atoms with E-state index in [2.05, 4.69) is 20.3 Å². The van der Waals surface area contributed by atoms with Crippen molar-refractivity contribution in [2.24, 2.45) is 0 Å². The summed E-state index contributed by atoms with van der Waals surface area (Å²) in [7, 11) is 4.79. The molecule has 0 fully saturated rings. The quantitative estimate of drug-likeness (QED) is 0.481. The van der Waals surface area contributed by atoms with Crippen LogP contribution in [-0.4, -0.2) is 47.2 Å². The lowest BCUT2D eigenvalue weighted by Crippen LogP contribution is -2.08. The summed E-state index contributed by atoms with van der Waals surface area (Å²) in [5, 5.41) is 3.38. The van der Waals surface area contributed by atoms with Crippen molar-refractivity contribution < 1.29 is 14.2 Å². The van der Waals surface area contributed by atoms with Gasteiger partial charge in [-0.3, -0.25) is 9.38 Å². The molecule has 4 aromatic rings. The normalized spacial score (nSPS) is 10.8. The number of rotatable bonds is 8. The Morgan fingerprint density at radius 2 is 1.67 bits per heavy atom. The third-order valence-electron chi connectivity index (χ3n) is 4.84. The van der Waals surface area contributed by atoms with Crippen LogP contribution in [0.2, 0.25) is 0 Å². The largest absolute Gasteiger partial charge is 0.493 e. The third kappa shape index (κ3) is 3.71. The zero-order valence-corrected chi connectivity index (χ0v) is 17.1. The van der Waals surface area contributed by atoms with Crippen molar-refractivity contribution in [3.05, 3.63) is 60.8 Å². The minimum Gasteiger partial charge on any atom is -0.493 e. The van der Waals surface area contributed by atoms with Crippen molar-refractivity contribution in [3.8, 4) is 28.5 Å². The number of hydrogen-bond donors (Lipinski definition) is 1. The highest BCUT2D eigenvalue weighted by Crippen LogP contribution is 2.41. The van der Waals surface area contributed by atoms with E-state index in [0.717, 1.165) is 35.7 Å². The fourth-order valence-corrected chi connectivity index (χ4v) is 3.36. The summed E-state index contributed by atoms with van der Waals surface area (Å²) in [6, 6.07) is 7.82. The number of hydrogen-bond acceptors (Lipinski definition) is 7. The van der Waals surface area contributed by atoms with Crippen LogP contribution in [0, 0.1) is 0 Å². The van der Waals surface area contributed by atoms with Gasteiger partial charge in [0.15, 0.2) is 23.0 Å². The van der Waals surface area contributed by atoms with Crippen LogP contribution in [0.3, 0.4) is 0 Å². The molecular weight excluding hydrogens is 382 g/mol. The lowest BCUT2D eigenvalue weighted by Gasteiger charge is -2.14. The second-order valence-corrected chi connectivity index (χ2v) is 6.56. The molecule has 0 saturated carbocycles. The Bertz CT molecular complexity index is 1120. The fraction of sp³-hybridized carbons (Fsp3) is 0.227. The SMILES string of the molecule is COc1cc(-c2cnc3c(NCCc4ccncc4)nccn23)cc(OC)c1OC.